The normalized spacial score (nSPS) is 27.7. The Morgan fingerprint density at radius 2 is 2.60 bits per heavy atom. The Hall–Kier alpha value is -1.26. The first kappa shape index (κ1) is 6.85. The molecule has 1 saturated heterocycles. The van der Waals surface area contributed by atoms with Gasteiger partial charge in [-0.15, -0.1) is 0 Å². The predicted octanol–water partition coefficient (Wildman–Crippen LogP) is -0.357. The van der Waals surface area contributed by atoms with Gasteiger partial charge in [-0.05, 0) is 6.92 Å². The van der Waals surface area contributed by atoms with Gasteiger partial charge in [-0.3, -0.25) is 10.1 Å². The van der Waals surface area contributed by atoms with Gasteiger partial charge in [0, 0.05) is 12.6 Å². The van der Waals surface area contributed by atoms with Crippen LogP contribution in [0.2, 0.25) is 0 Å². The molecular formula is C5H9N3O2. The second-order valence-electron chi connectivity index (χ2n) is 2.25. The molecule has 1 heterocycles. The molecule has 0 spiro atoms. The highest BCUT2D eigenvalue weighted by Gasteiger charge is 2.14. The van der Waals surface area contributed by atoms with Crippen LogP contribution in [0.3, 0.4) is 0 Å². The van der Waals surface area contributed by atoms with Crippen molar-refractivity contribution in [2.24, 2.45) is 0 Å². The summed E-state index contributed by atoms with van der Waals surface area (Å²) in [6.07, 6.45) is 0.934. The number of nitrogens with zero attached hydrogens (tertiary/aromatic N) is 1. The molecular weight excluding hydrogens is 134 g/mol. The average molecular weight is 143 g/mol. The van der Waals surface area contributed by atoms with E-state index >= 15 is 0 Å². The fraction of sp³-hybridized carbons (Fsp3) is 0.600. The van der Waals surface area contributed by atoms with Gasteiger partial charge in [0.2, 0.25) is 0 Å². The van der Waals surface area contributed by atoms with E-state index in [0.717, 1.165) is 12.7 Å². The molecule has 1 fully saturated rings. The lowest BCUT2D eigenvalue weighted by Gasteiger charge is -1.96. The topological polar surface area (TPSA) is 67.2 Å². The van der Waals surface area contributed by atoms with E-state index in [1.54, 1.807) is 0 Å². The first-order valence-electron chi connectivity index (χ1n) is 3.04. The summed E-state index contributed by atoms with van der Waals surface area (Å²) in [6, 6.07) is 0.284. The molecule has 0 aromatic heterocycles. The molecule has 1 aliphatic heterocycles. The third-order valence-corrected chi connectivity index (χ3v) is 1.24. The Kier molecular flexibility index (Phi) is 1.75. The third-order valence-electron chi connectivity index (χ3n) is 1.24. The molecule has 1 atom stereocenters. The molecule has 1 aliphatic rings. The van der Waals surface area contributed by atoms with Gasteiger partial charge in [-0.1, -0.05) is 0 Å². The van der Waals surface area contributed by atoms with Crippen molar-refractivity contribution in [3.8, 4) is 0 Å². The largest absolute Gasteiger partial charge is 0.365 e. The van der Waals surface area contributed by atoms with Crippen molar-refractivity contribution >= 4 is 0 Å². The molecule has 10 heavy (non-hydrogen) atoms. The molecule has 0 aromatic rings. The van der Waals surface area contributed by atoms with Gasteiger partial charge >= 0.3 is 0 Å². The Morgan fingerprint density at radius 3 is 3.00 bits per heavy atom. The summed E-state index contributed by atoms with van der Waals surface area (Å²) in [5, 5.41) is 15.7. The van der Waals surface area contributed by atoms with Gasteiger partial charge in [0.1, 0.15) is 0 Å². The van der Waals surface area contributed by atoms with Crippen LogP contribution < -0.4 is 10.6 Å². The highest BCUT2D eigenvalue weighted by atomic mass is 16.6. The van der Waals surface area contributed by atoms with E-state index < -0.39 is 4.92 Å². The SMILES string of the molecule is CC1CNC(=C[N+](=O)[O-])N1. The van der Waals surface area contributed by atoms with Crippen LogP contribution in [0.5, 0.6) is 0 Å². The van der Waals surface area contributed by atoms with Gasteiger partial charge in [0.15, 0.2) is 5.82 Å². The minimum atomic E-state index is -0.479. The van der Waals surface area contributed by atoms with Crippen LogP contribution in [0.4, 0.5) is 0 Å². The molecule has 0 radical (unpaired) electrons. The Bertz CT molecular complexity index is 178. The zero-order valence-corrected chi connectivity index (χ0v) is 5.63. The van der Waals surface area contributed by atoms with E-state index in [9.17, 15) is 10.1 Å². The summed E-state index contributed by atoms with van der Waals surface area (Å²) in [7, 11) is 0. The fourth-order valence-electron chi connectivity index (χ4n) is 0.819. The minimum absolute atomic E-state index is 0.284. The molecule has 0 aromatic carbocycles. The lowest BCUT2D eigenvalue weighted by atomic mass is 10.4. The summed E-state index contributed by atoms with van der Waals surface area (Å²) in [5.74, 6) is 0.498. The van der Waals surface area contributed by atoms with Crippen LogP contribution in [0.25, 0.3) is 0 Å². The van der Waals surface area contributed by atoms with Crippen LogP contribution in [0.15, 0.2) is 12.0 Å². The molecule has 1 rings (SSSR count). The zero-order valence-electron chi connectivity index (χ0n) is 5.63. The van der Waals surface area contributed by atoms with Crippen molar-refractivity contribution in [2.45, 2.75) is 13.0 Å². The zero-order chi connectivity index (χ0) is 7.56. The number of rotatable bonds is 1. The Balaban J connectivity index is 2.51. The summed E-state index contributed by atoms with van der Waals surface area (Å²) in [5.41, 5.74) is 0. The van der Waals surface area contributed by atoms with E-state index in [1.165, 1.54) is 0 Å². The molecule has 5 heteroatoms. The van der Waals surface area contributed by atoms with E-state index in [1.807, 2.05) is 6.92 Å². The smallest absolute Gasteiger partial charge is 0.274 e. The van der Waals surface area contributed by atoms with E-state index in [2.05, 4.69) is 10.6 Å². The maximum atomic E-state index is 9.91. The van der Waals surface area contributed by atoms with Crippen LogP contribution in [0.1, 0.15) is 6.92 Å². The van der Waals surface area contributed by atoms with Gasteiger partial charge in [-0.25, -0.2) is 0 Å². The molecule has 0 aliphatic carbocycles. The van der Waals surface area contributed by atoms with E-state index in [-0.39, 0.29) is 6.04 Å². The van der Waals surface area contributed by atoms with Crippen molar-refractivity contribution in [3.05, 3.63) is 22.1 Å². The fourth-order valence-corrected chi connectivity index (χ4v) is 0.819. The first-order chi connectivity index (χ1) is 4.68. The van der Waals surface area contributed by atoms with Crippen molar-refractivity contribution < 1.29 is 4.92 Å². The second-order valence-corrected chi connectivity index (χ2v) is 2.25. The number of nitrogens with one attached hydrogen (secondary N) is 2. The standard InChI is InChI=1S/C5H9N3O2/c1-4-2-6-5(7-4)3-8(9)10/h3-4,6-7H,2H2,1H3. The van der Waals surface area contributed by atoms with Crippen LogP contribution in [-0.4, -0.2) is 17.5 Å². The molecule has 0 bridgehead atoms. The van der Waals surface area contributed by atoms with Gasteiger partial charge in [0.05, 0.1) is 4.92 Å². The molecule has 0 amide bonds. The average Bonchev–Trinajstić information content (AvgIpc) is 2.13. The number of hydrogen-bond acceptors (Lipinski definition) is 4. The molecule has 1 unspecified atom stereocenters. The highest BCUT2D eigenvalue weighted by molar-refractivity contribution is 5.00. The second kappa shape index (κ2) is 2.55. The highest BCUT2D eigenvalue weighted by Crippen LogP contribution is 1.96. The number of nitro groups is 1. The predicted molar refractivity (Wildman–Crippen MR) is 35.7 cm³/mol. The van der Waals surface area contributed by atoms with Gasteiger partial charge in [0.25, 0.3) is 6.20 Å². The first-order valence-corrected chi connectivity index (χ1v) is 3.04. The molecule has 56 valence electrons. The van der Waals surface area contributed by atoms with Crippen molar-refractivity contribution in [2.75, 3.05) is 6.54 Å². The molecule has 5 nitrogen and oxygen atoms in total. The summed E-state index contributed by atoms with van der Waals surface area (Å²) < 4.78 is 0. The van der Waals surface area contributed by atoms with E-state index in [4.69, 9.17) is 0 Å². The molecule has 0 saturated carbocycles. The van der Waals surface area contributed by atoms with Crippen LogP contribution in [0, 0.1) is 10.1 Å². The van der Waals surface area contributed by atoms with Crippen molar-refractivity contribution in [3.63, 3.8) is 0 Å². The maximum absolute atomic E-state index is 9.91. The van der Waals surface area contributed by atoms with Crippen molar-refractivity contribution in [1.29, 1.82) is 0 Å². The van der Waals surface area contributed by atoms with Crippen LogP contribution >= 0.6 is 0 Å². The lowest BCUT2D eigenvalue weighted by Crippen LogP contribution is -2.18. The van der Waals surface area contributed by atoms with Crippen LogP contribution in [-0.2, 0) is 0 Å². The lowest BCUT2D eigenvalue weighted by molar-refractivity contribution is -0.404. The molecule has 2 N–H and O–H groups in total. The maximum Gasteiger partial charge on any atom is 0.274 e. The monoisotopic (exact) mass is 143 g/mol. The minimum Gasteiger partial charge on any atom is -0.365 e. The van der Waals surface area contributed by atoms with E-state index in [0.29, 0.717) is 5.82 Å². The van der Waals surface area contributed by atoms with Gasteiger partial charge in [-0.2, -0.15) is 0 Å². The quantitative estimate of drug-likeness (QED) is 0.388. The summed E-state index contributed by atoms with van der Waals surface area (Å²) in [6.45, 7) is 2.70. The third kappa shape index (κ3) is 1.61. The number of hydrogen-bond donors (Lipinski definition) is 2. The summed E-state index contributed by atoms with van der Waals surface area (Å²) in [4.78, 5) is 9.43. The Labute approximate surface area is 58.3 Å². The van der Waals surface area contributed by atoms with Crippen molar-refractivity contribution in [1.82, 2.24) is 10.6 Å². The van der Waals surface area contributed by atoms with Gasteiger partial charge < -0.3 is 10.6 Å². The summed E-state index contributed by atoms with van der Waals surface area (Å²) >= 11 is 0. The Morgan fingerprint density at radius 1 is 1.90 bits per heavy atom.